The zero-order chi connectivity index (χ0) is 11.8. The first-order valence-electron chi connectivity index (χ1n) is 5.14. The lowest BCUT2D eigenvalue weighted by Gasteiger charge is -2.09. The average Bonchev–Trinajstić information content (AvgIpc) is 2.31. The summed E-state index contributed by atoms with van der Waals surface area (Å²) in [6.45, 7) is 1.64. The molecule has 0 unspecified atom stereocenters. The smallest absolute Gasteiger partial charge is 0.143 e. The van der Waals surface area contributed by atoms with E-state index in [9.17, 15) is 0 Å². The molecule has 0 aliphatic heterocycles. The Kier molecular flexibility index (Phi) is 5.45. The van der Waals surface area contributed by atoms with Crippen LogP contribution < -0.4 is 15.8 Å². The van der Waals surface area contributed by atoms with Gasteiger partial charge < -0.3 is 25.6 Å². The van der Waals surface area contributed by atoms with Gasteiger partial charge in [-0.05, 0) is 12.1 Å². The molecule has 16 heavy (non-hydrogen) atoms. The highest BCUT2D eigenvalue weighted by molar-refractivity contribution is 5.61. The van der Waals surface area contributed by atoms with E-state index in [-0.39, 0.29) is 6.61 Å². The van der Waals surface area contributed by atoms with Gasteiger partial charge in [-0.15, -0.1) is 0 Å². The molecule has 5 nitrogen and oxygen atoms in total. The van der Waals surface area contributed by atoms with Crippen molar-refractivity contribution in [3.8, 4) is 5.75 Å². The highest BCUT2D eigenvalue weighted by atomic mass is 16.5. The third kappa shape index (κ3) is 3.96. The summed E-state index contributed by atoms with van der Waals surface area (Å²) in [5.41, 5.74) is 7.23. The molecule has 1 aromatic rings. The second-order valence-corrected chi connectivity index (χ2v) is 3.22. The Balaban J connectivity index is 2.36. The summed E-state index contributed by atoms with van der Waals surface area (Å²) in [6.07, 6.45) is 0. The number of aliphatic hydroxyl groups is 1. The minimum Gasteiger partial charge on any atom is -0.495 e. The van der Waals surface area contributed by atoms with Crippen LogP contribution in [0.3, 0.4) is 0 Å². The summed E-state index contributed by atoms with van der Waals surface area (Å²) in [5.74, 6) is 0.654. The molecule has 1 rings (SSSR count). The van der Waals surface area contributed by atoms with E-state index < -0.39 is 0 Å². The van der Waals surface area contributed by atoms with Crippen LogP contribution in [0, 0.1) is 0 Å². The number of ether oxygens (including phenoxy) is 2. The Hall–Kier alpha value is -1.46. The third-order valence-electron chi connectivity index (χ3n) is 2.04. The van der Waals surface area contributed by atoms with Gasteiger partial charge in [0.25, 0.3) is 0 Å². The van der Waals surface area contributed by atoms with Crippen LogP contribution in [0.5, 0.6) is 5.75 Å². The summed E-state index contributed by atoms with van der Waals surface area (Å²) in [4.78, 5) is 0. The standard InChI is InChI=1S/C11H18N2O3/c1-15-11-8-9(2-3-10(11)12)13-4-6-16-7-5-14/h2-3,8,13-14H,4-7,12H2,1H3. The largest absolute Gasteiger partial charge is 0.495 e. The fraction of sp³-hybridized carbons (Fsp3) is 0.455. The number of anilines is 2. The number of aliphatic hydroxyl groups excluding tert-OH is 1. The number of methoxy groups -OCH3 is 1. The van der Waals surface area contributed by atoms with Crippen molar-refractivity contribution in [2.24, 2.45) is 0 Å². The zero-order valence-corrected chi connectivity index (χ0v) is 9.40. The van der Waals surface area contributed by atoms with Crippen LogP contribution in [0.4, 0.5) is 11.4 Å². The van der Waals surface area contributed by atoms with Gasteiger partial charge in [0, 0.05) is 18.3 Å². The molecule has 0 atom stereocenters. The number of benzene rings is 1. The summed E-state index contributed by atoms with van der Waals surface area (Å²) >= 11 is 0. The van der Waals surface area contributed by atoms with Crippen molar-refractivity contribution in [2.75, 3.05) is 44.5 Å². The molecule has 0 spiro atoms. The Morgan fingerprint density at radius 3 is 2.88 bits per heavy atom. The Morgan fingerprint density at radius 1 is 1.38 bits per heavy atom. The average molecular weight is 226 g/mol. The van der Waals surface area contributed by atoms with Gasteiger partial charge in [0.2, 0.25) is 0 Å². The maximum Gasteiger partial charge on any atom is 0.143 e. The fourth-order valence-corrected chi connectivity index (χ4v) is 1.26. The van der Waals surface area contributed by atoms with Crippen LogP contribution in [0.25, 0.3) is 0 Å². The van der Waals surface area contributed by atoms with E-state index in [4.69, 9.17) is 20.3 Å². The molecule has 0 heterocycles. The van der Waals surface area contributed by atoms with Gasteiger partial charge in [0.15, 0.2) is 0 Å². The van der Waals surface area contributed by atoms with Gasteiger partial charge in [0.05, 0.1) is 32.6 Å². The number of nitrogen functional groups attached to an aromatic ring is 1. The van der Waals surface area contributed by atoms with Crippen molar-refractivity contribution < 1.29 is 14.6 Å². The molecule has 0 amide bonds. The van der Waals surface area contributed by atoms with Gasteiger partial charge in [-0.3, -0.25) is 0 Å². The number of hydrogen-bond donors (Lipinski definition) is 3. The monoisotopic (exact) mass is 226 g/mol. The third-order valence-corrected chi connectivity index (χ3v) is 2.04. The van der Waals surface area contributed by atoms with Gasteiger partial charge in [-0.2, -0.15) is 0 Å². The lowest BCUT2D eigenvalue weighted by molar-refractivity contribution is 0.0992. The number of rotatable bonds is 7. The Bertz CT molecular complexity index is 318. The van der Waals surface area contributed by atoms with Crippen LogP contribution in [0.15, 0.2) is 18.2 Å². The van der Waals surface area contributed by atoms with Crippen LogP contribution >= 0.6 is 0 Å². The quantitative estimate of drug-likeness (QED) is 0.471. The summed E-state index contributed by atoms with van der Waals surface area (Å²) in [7, 11) is 1.58. The zero-order valence-electron chi connectivity index (χ0n) is 9.40. The molecule has 0 saturated carbocycles. The molecule has 0 aliphatic carbocycles. The van der Waals surface area contributed by atoms with Crippen molar-refractivity contribution >= 4 is 11.4 Å². The van der Waals surface area contributed by atoms with Crippen molar-refractivity contribution in [1.82, 2.24) is 0 Å². The Labute approximate surface area is 95.2 Å². The molecule has 1 aromatic carbocycles. The van der Waals surface area contributed by atoms with E-state index in [1.54, 1.807) is 13.2 Å². The normalized spacial score (nSPS) is 10.1. The number of nitrogens with two attached hydrogens (primary N) is 1. The van der Waals surface area contributed by atoms with E-state index in [0.29, 0.717) is 31.2 Å². The van der Waals surface area contributed by atoms with Crippen LogP contribution in [-0.4, -0.2) is 38.6 Å². The molecule has 0 fully saturated rings. The molecule has 4 N–H and O–H groups in total. The predicted octanol–water partition coefficient (Wildman–Crippen LogP) is 0.698. The van der Waals surface area contributed by atoms with E-state index in [1.807, 2.05) is 12.1 Å². The van der Waals surface area contributed by atoms with Crippen LogP contribution in [0.1, 0.15) is 0 Å². The summed E-state index contributed by atoms with van der Waals surface area (Å²) in [5, 5.41) is 11.7. The molecular weight excluding hydrogens is 208 g/mol. The van der Waals surface area contributed by atoms with Crippen molar-refractivity contribution in [3.05, 3.63) is 18.2 Å². The SMILES string of the molecule is COc1cc(NCCOCCO)ccc1N. The molecule has 0 radical (unpaired) electrons. The van der Waals surface area contributed by atoms with Crippen LogP contribution in [-0.2, 0) is 4.74 Å². The molecule has 0 bridgehead atoms. The minimum absolute atomic E-state index is 0.0513. The first-order valence-corrected chi connectivity index (χ1v) is 5.14. The van der Waals surface area contributed by atoms with Gasteiger partial charge in [-0.1, -0.05) is 0 Å². The van der Waals surface area contributed by atoms with Crippen LogP contribution in [0.2, 0.25) is 0 Å². The van der Waals surface area contributed by atoms with Gasteiger partial charge in [-0.25, -0.2) is 0 Å². The second kappa shape index (κ2) is 6.92. The van der Waals surface area contributed by atoms with E-state index in [0.717, 1.165) is 5.69 Å². The molecule has 0 aromatic heterocycles. The number of nitrogens with one attached hydrogen (secondary N) is 1. The molecule has 0 saturated heterocycles. The first kappa shape index (κ1) is 12.6. The maximum atomic E-state index is 8.51. The van der Waals surface area contributed by atoms with Crippen molar-refractivity contribution in [2.45, 2.75) is 0 Å². The van der Waals surface area contributed by atoms with E-state index in [1.165, 1.54) is 0 Å². The highest BCUT2D eigenvalue weighted by Gasteiger charge is 2.00. The Morgan fingerprint density at radius 2 is 2.19 bits per heavy atom. The predicted molar refractivity (Wildman–Crippen MR) is 63.8 cm³/mol. The van der Waals surface area contributed by atoms with E-state index >= 15 is 0 Å². The van der Waals surface area contributed by atoms with Gasteiger partial charge >= 0.3 is 0 Å². The van der Waals surface area contributed by atoms with Crippen molar-refractivity contribution in [3.63, 3.8) is 0 Å². The first-order chi connectivity index (χ1) is 7.77. The summed E-state index contributed by atoms with van der Waals surface area (Å²) < 4.78 is 10.2. The number of hydrogen-bond acceptors (Lipinski definition) is 5. The van der Waals surface area contributed by atoms with Gasteiger partial charge in [0.1, 0.15) is 5.75 Å². The topological polar surface area (TPSA) is 76.7 Å². The molecule has 5 heteroatoms. The second-order valence-electron chi connectivity index (χ2n) is 3.22. The molecule has 90 valence electrons. The molecular formula is C11H18N2O3. The minimum atomic E-state index is 0.0513. The maximum absolute atomic E-state index is 8.51. The lowest BCUT2D eigenvalue weighted by Crippen LogP contribution is -2.11. The summed E-state index contributed by atoms with van der Waals surface area (Å²) in [6, 6.07) is 5.50. The van der Waals surface area contributed by atoms with Crippen molar-refractivity contribution in [1.29, 1.82) is 0 Å². The molecule has 0 aliphatic rings. The fourth-order valence-electron chi connectivity index (χ4n) is 1.26. The lowest BCUT2D eigenvalue weighted by atomic mass is 10.2. The highest BCUT2D eigenvalue weighted by Crippen LogP contribution is 2.24. The van der Waals surface area contributed by atoms with E-state index in [2.05, 4.69) is 5.32 Å².